The van der Waals surface area contributed by atoms with Crippen molar-refractivity contribution in [3.05, 3.63) is 0 Å². The fraction of sp³-hybridized carbons (Fsp3) is 1.00. The van der Waals surface area contributed by atoms with Gasteiger partial charge in [0.05, 0.1) is 12.2 Å². The van der Waals surface area contributed by atoms with Crippen molar-refractivity contribution >= 4 is 0 Å². The third-order valence-corrected chi connectivity index (χ3v) is 2.44. The Balaban J connectivity index is 0.000000281. The lowest BCUT2D eigenvalue weighted by atomic mass is 9.86. The summed E-state index contributed by atoms with van der Waals surface area (Å²) in [5.74, 6) is 0. The minimum absolute atomic E-state index is 0.343. The van der Waals surface area contributed by atoms with E-state index in [1.54, 1.807) is 0 Å². The highest BCUT2D eigenvalue weighted by Crippen LogP contribution is 2.35. The SMILES string of the molecule is CC.CCN1CC2(CCO2)C1. The summed E-state index contributed by atoms with van der Waals surface area (Å²) in [5.41, 5.74) is 0.343. The Labute approximate surface area is 69.5 Å². The Kier molecular flexibility index (Phi) is 2.90. The van der Waals surface area contributed by atoms with Crippen LogP contribution in [-0.4, -0.2) is 36.7 Å². The number of nitrogens with zero attached hydrogens (tertiary/aromatic N) is 1. The molecule has 0 aromatic heterocycles. The van der Waals surface area contributed by atoms with Crippen LogP contribution < -0.4 is 0 Å². The number of likely N-dealkylation sites (N-methyl/N-ethyl adjacent to an activating group) is 1. The van der Waals surface area contributed by atoms with Gasteiger partial charge in [-0.15, -0.1) is 0 Å². The van der Waals surface area contributed by atoms with Crippen LogP contribution in [0.1, 0.15) is 27.2 Å². The first-order valence-corrected chi connectivity index (χ1v) is 4.71. The van der Waals surface area contributed by atoms with Crippen molar-refractivity contribution in [2.75, 3.05) is 26.2 Å². The first-order chi connectivity index (χ1) is 5.35. The first-order valence-electron chi connectivity index (χ1n) is 4.71. The lowest BCUT2D eigenvalue weighted by Gasteiger charge is -2.55. The van der Waals surface area contributed by atoms with Crippen molar-refractivity contribution in [2.24, 2.45) is 0 Å². The maximum atomic E-state index is 5.44. The molecule has 66 valence electrons. The standard InChI is InChI=1S/C7H13NO.C2H6/c1-2-8-5-7(6-8)3-4-9-7;1-2/h2-6H2,1H3;1-2H3. The van der Waals surface area contributed by atoms with E-state index >= 15 is 0 Å². The Bertz CT molecular complexity index is 113. The summed E-state index contributed by atoms with van der Waals surface area (Å²) >= 11 is 0. The third-order valence-electron chi connectivity index (χ3n) is 2.44. The maximum absolute atomic E-state index is 5.44. The molecule has 11 heavy (non-hydrogen) atoms. The number of hydrogen-bond donors (Lipinski definition) is 0. The van der Waals surface area contributed by atoms with E-state index in [9.17, 15) is 0 Å². The molecule has 2 heterocycles. The molecule has 2 heteroatoms. The van der Waals surface area contributed by atoms with Crippen LogP contribution in [0.15, 0.2) is 0 Å². The molecule has 0 aromatic rings. The molecular formula is C9H19NO. The van der Waals surface area contributed by atoms with Crippen LogP contribution in [0, 0.1) is 0 Å². The molecule has 0 unspecified atom stereocenters. The van der Waals surface area contributed by atoms with E-state index in [1.807, 2.05) is 13.8 Å². The summed E-state index contributed by atoms with van der Waals surface area (Å²) in [6.07, 6.45) is 1.30. The second-order valence-electron chi connectivity index (χ2n) is 3.08. The normalized spacial score (nSPS) is 26.5. The number of ether oxygens (including phenoxy) is 1. The highest BCUT2D eigenvalue weighted by Gasteiger charge is 2.48. The smallest absolute Gasteiger partial charge is 0.0956 e. The van der Waals surface area contributed by atoms with Gasteiger partial charge in [-0.05, 0) is 6.54 Å². The third kappa shape index (κ3) is 1.57. The molecule has 0 atom stereocenters. The summed E-state index contributed by atoms with van der Waals surface area (Å²) in [4.78, 5) is 2.42. The van der Waals surface area contributed by atoms with E-state index in [0.29, 0.717) is 5.60 Å². The van der Waals surface area contributed by atoms with Gasteiger partial charge in [-0.2, -0.15) is 0 Å². The number of likely N-dealkylation sites (tertiary alicyclic amines) is 1. The van der Waals surface area contributed by atoms with Crippen molar-refractivity contribution in [1.82, 2.24) is 4.90 Å². The molecule has 2 aliphatic rings. The zero-order valence-corrected chi connectivity index (χ0v) is 7.89. The Morgan fingerprint density at radius 2 is 1.91 bits per heavy atom. The lowest BCUT2D eigenvalue weighted by molar-refractivity contribution is -0.220. The molecule has 0 radical (unpaired) electrons. The van der Waals surface area contributed by atoms with Crippen molar-refractivity contribution in [2.45, 2.75) is 32.8 Å². The largest absolute Gasteiger partial charge is 0.372 e. The van der Waals surface area contributed by atoms with Crippen LogP contribution in [-0.2, 0) is 4.74 Å². The van der Waals surface area contributed by atoms with Crippen LogP contribution in [0.25, 0.3) is 0 Å². The van der Waals surface area contributed by atoms with Gasteiger partial charge in [-0.1, -0.05) is 20.8 Å². The van der Waals surface area contributed by atoms with E-state index in [4.69, 9.17) is 4.74 Å². The molecular weight excluding hydrogens is 138 g/mol. The molecule has 0 amide bonds. The number of hydrogen-bond acceptors (Lipinski definition) is 2. The molecule has 0 bridgehead atoms. The monoisotopic (exact) mass is 157 g/mol. The molecule has 1 spiro atoms. The van der Waals surface area contributed by atoms with Gasteiger partial charge >= 0.3 is 0 Å². The van der Waals surface area contributed by atoms with Crippen LogP contribution in [0.2, 0.25) is 0 Å². The van der Waals surface area contributed by atoms with Crippen molar-refractivity contribution < 1.29 is 4.74 Å². The fourth-order valence-electron chi connectivity index (χ4n) is 1.63. The predicted molar refractivity (Wildman–Crippen MR) is 46.8 cm³/mol. The van der Waals surface area contributed by atoms with E-state index in [2.05, 4.69) is 11.8 Å². The van der Waals surface area contributed by atoms with Crippen molar-refractivity contribution in [3.63, 3.8) is 0 Å². The average Bonchev–Trinajstić information content (AvgIpc) is 1.87. The van der Waals surface area contributed by atoms with Gasteiger partial charge in [-0.3, -0.25) is 4.90 Å². The molecule has 2 fully saturated rings. The fourth-order valence-corrected chi connectivity index (χ4v) is 1.63. The predicted octanol–water partition coefficient (Wildman–Crippen LogP) is 1.51. The second kappa shape index (κ2) is 3.55. The lowest BCUT2D eigenvalue weighted by Crippen LogP contribution is -2.67. The zero-order chi connectivity index (χ0) is 8.32. The van der Waals surface area contributed by atoms with Gasteiger partial charge in [0.15, 0.2) is 0 Å². The van der Waals surface area contributed by atoms with Crippen LogP contribution in [0.3, 0.4) is 0 Å². The minimum atomic E-state index is 0.343. The van der Waals surface area contributed by atoms with E-state index in [-0.39, 0.29) is 0 Å². The van der Waals surface area contributed by atoms with E-state index in [0.717, 1.165) is 6.61 Å². The summed E-state index contributed by atoms with van der Waals surface area (Å²) in [7, 11) is 0. The molecule has 0 aliphatic carbocycles. The second-order valence-corrected chi connectivity index (χ2v) is 3.08. The molecule has 2 saturated heterocycles. The van der Waals surface area contributed by atoms with Crippen LogP contribution in [0.4, 0.5) is 0 Å². The topological polar surface area (TPSA) is 12.5 Å². The Morgan fingerprint density at radius 3 is 2.18 bits per heavy atom. The molecule has 0 saturated carbocycles. The summed E-state index contributed by atoms with van der Waals surface area (Å²) in [6, 6.07) is 0. The molecule has 2 aliphatic heterocycles. The maximum Gasteiger partial charge on any atom is 0.0956 e. The first kappa shape index (κ1) is 9.01. The van der Waals surface area contributed by atoms with E-state index < -0.39 is 0 Å². The summed E-state index contributed by atoms with van der Waals surface area (Å²) < 4.78 is 5.44. The van der Waals surface area contributed by atoms with Gasteiger partial charge in [-0.25, -0.2) is 0 Å². The minimum Gasteiger partial charge on any atom is -0.372 e. The molecule has 0 aromatic carbocycles. The highest BCUT2D eigenvalue weighted by atomic mass is 16.5. The number of rotatable bonds is 1. The highest BCUT2D eigenvalue weighted by molar-refractivity contribution is 5.01. The molecule has 0 N–H and O–H groups in total. The molecule has 2 nitrogen and oxygen atoms in total. The van der Waals surface area contributed by atoms with Crippen LogP contribution in [0.5, 0.6) is 0 Å². The van der Waals surface area contributed by atoms with Crippen molar-refractivity contribution in [1.29, 1.82) is 0 Å². The zero-order valence-electron chi connectivity index (χ0n) is 7.89. The van der Waals surface area contributed by atoms with Gasteiger partial charge in [0.25, 0.3) is 0 Å². The van der Waals surface area contributed by atoms with Crippen molar-refractivity contribution in [3.8, 4) is 0 Å². The Morgan fingerprint density at radius 1 is 1.36 bits per heavy atom. The average molecular weight is 157 g/mol. The van der Waals surface area contributed by atoms with Gasteiger partial charge in [0, 0.05) is 19.5 Å². The van der Waals surface area contributed by atoms with Gasteiger partial charge < -0.3 is 4.74 Å². The quantitative estimate of drug-likeness (QED) is 0.572. The van der Waals surface area contributed by atoms with E-state index in [1.165, 1.54) is 26.1 Å². The van der Waals surface area contributed by atoms with Gasteiger partial charge in [0.1, 0.15) is 0 Å². The Hall–Kier alpha value is -0.0800. The summed E-state index contributed by atoms with van der Waals surface area (Å²) in [5, 5.41) is 0. The summed E-state index contributed by atoms with van der Waals surface area (Å²) in [6.45, 7) is 10.8. The van der Waals surface area contributed by atoms with Crippen LogP contribution >= 0.6 is 0 Å². The van der Waals surface area contributed by atoms with Gasteiger partial charge in [0.2, 0.25) is 0 Å². The molecule has 2 rings (SSSR count).